The van der Waals surface area contributed by atoms with Gasteiger partial charge in [0.15, 0.2) is 0 Å². The molecule has 3 heterocycles. The van der Waals surface area contributed by atoms with Crippen LogP contribution in [0.3, 0.4) is 0 Å². The third kappa shape index (κ3) is 7.39. The normalized spacial score (nSPS) is 16.8. The fourth-order valence-electron chi connectivity index (χ4n) is 5.00. The van der Waals surface area contributed by atoms with Gasteiger partial charge in [0.1, 0.15) is 22.9 Å². The molecule has 1 saturated heterocycles. The first-order chi connectivity index (χ1) is 19.6. The van der Waals surface area contributed by atoms with E-state index in [-0.39, 0.29) is 33.1 Å². The minimum atomic E-state index is -4.09. The van der Waals surface area contributed by atoms with Crippen molar-refractivity contribution >= 4 is 50.5 Å². The van der Waals surface area contributed by atoms with Crippen molar-refractivity contribution in [1.82, 2.24) is 14.8 Å². The zero-order valence-electron chi connectivity index (χ0n) is 23.0. The van der Waals surface area contributed by atoms with Crippen molar-refractivity contribution in [2.45, 2.75) is 37.3 Å². The molecule has 2 aromatic carbocycles. The van der Waals surface area contributed by atoms with Crippen LogP contribution in [0.1, 0.15) is 29.7 Å². The lowest BCUT2D eigenvalue weighted by Gasteiger charge is -2.28. The van der Waals surface area contributed by atoms with Gasteiger partial charge in [-0.15, -0.1) is 0 Å². The molecule has 0 unspecified atom stereocenters. The lowest BCUT2D eigenvalue weighted by Crippen LogP contribution is -2.32. The maximum absolute atomic E-state index is 13.4. The number of ether oxygens (including phenoxy) is 2. The van der Waals surface area contributed by atoms with Crippen molar-refractivity contribution in [2.75, 3.05) is 45.1 Å². The van der Waals surface area contributed by atoms with Crippen LogP contribution in [0.25, 0.3) is 0 Å². The van der Waals surface area contributed by atoms with E-state index in [9.17, 15) is 8.42 Å². The Labute approximate surface area is 256 Å². The van der Waals surface area contributed by atoms with Crippen LogP contribution in [-0.2, 0) is 29.6 Å². The molecule has 0 bridgehead atoms. The molecule has 1 fully saturated rings. The highest BCUT2D eigenvalue weighted by molar-refractivity contribution is 7.92. The number of nitrogens with one attached hydrogen (secondary N) is 1. The number of nitrogens with zero attached hydrogens (tertiary/aromatic N) is 3. The summed E-state index contributed by atoms with van der Waals surface area (Å²) in [5.41, 5.74) is 2.85. The van der Waals surface area contributed by atoms with Gasteiger partial charge in [-0.05, 0) is 87.4 Å². The molecule has 2 aliphatic rings. The third-order valence-electron chi connectivity index (χ3n) is 7.46. The number of fused-ring (bicyclic) bond motifs is 1. The topological polar surface area (TPSA) is 84.0 Å². The van der Waals surface area contributed by atoms with E-state index in [0.717, 1.165) is 55.7 Å². The van der Waals surface area contributed by atoms with Gasteiger partial charge in [-0.2, -0.15) is 0 Å². The number of halogens is 3. The van der Waals surface area contributed by atoms with Crippen LogP contribution in [0.15, 0.2) is 47.4 Å². The van der Waals surface area contributed by atoms with Gasteiger partial charge in [0.2, 0.25) is 5.88 Å². The number of piperidine rings is 1. The van der Waals surface area contributed by atoms with Crippen LogP contribution in [0.2, 0.25) is 15.1 Å². The molecule has 220 valence electrons. The molecule has 0 spiro atoms. The van der Waals surface area contributed by atoms with Gasteiger partial charge >= 0.3 is 0 Å². The number of rotatable bonds is 9. The largest absolute Gasteiger partial charge is 0.492 e. The Morgan fingerprint density at radius 3 is 2.54 bits per heavy atom. The first kappa shape index (κ1) is 30.2. The van der Waals surface area contributed by atoms with E-state index < -0.39 is 10.0 Å². The molecular weight excluding hydrogens is 607 g/mol. The number of pyridine rings is 1. The number of sulfonamides is 1. The summed E-state index contributed by atoms with van der Waals surface area (Å²) >= 11 is 18.8. The fraction of sp³-hybridized carbons (Fsp3) is 0.414. The van der Waals surface area contributed by atoms with Gasteiger partial charge in [0, 0.05) is 19.5 Å². The Bertz CT molecular complexity index is 1510. The maximum Gasteiger partial charge on any atom is 0.263 e. The molecule has 0 amide bonds. The smallest absolute Gasteiger partial charge is 0.263 e. The number of likely N-dealkylation sites (tertiary alicyclic amines) is 1. The molecule has 1 N–H and O–H groups in total. The molecule has 8 nitrogen and oxygen atoms in total. The molecule has 0 atom stereocenters. The fourth-order valence-corrected chi connectivity index (χ4v) is 6.99. The number of aromatic nitrogens is 1. The third-order valence-corrected chi connectivity index (χ3v) is 10.1. The molecule has 0 radical (unpaired) electrons. The van der Waals surface area contributed by atoms with Crippen molar-refractivity contribution < 1.29 is 17.9 Å². The molecule has 2 aliphatic heterocycles. The van der Waals surface area contributed by atoms with Crippen LogP contribution in [0, 0.1) is 5.92 Å². The number of anilines is 1. The van der Waals surface area contributed by atoms with E-state index in [0.29, 0.717) is 29.8 Å². The summed E-state index contributed by atoms with van der Waals surface area (Å²) in [6, 6.07) is 11.7. The summed E-state index contributed by atoms with van der Waals surface area (Å²) in [5.74, 6) is 1.27. The molecular formula is C29H33Cl3N4O4S. The molecule has 5 rings (SSSR count). The Hall–Kier alpha value is -2.27. The average molecular weight is 640 g/mol. The molecule has 12 heteroatoms. The van der Waals surface area contributed by atoms with Crippen molar-refractivity contribution in [1.29, 1.82) is 0 Å². The maximum atomic E-state index is 13.4. The predicted octanol–water partition coefficient (Wildman–Crippen LogP) is 6.13. The van der Waals surface area contributed by atoms with E-state index in [1.54, 1.807) is 12.1 Å². The first-order valence-corrected chi connectivity index (χ1v) is 16.1. The monoisotopic (exact) mass is 638 g/mol. The first-order valence-electron chi connectivity index (χ1n) is 13.5. The number of hydrogen-bond donors (Lipinski definition) is 1. The second kappa shape index (κ2) is 12.9. The van der Waals surface area contributed by atoms with Crippen LogP contribution < -0.4 is 14.2 Å². The van der Waals surface area contributed by atoms with Crippen molar-refractivity contribution in [2.24, 2.45) is 5.92 Å². The lowest BCUT2D eigenvalue weighted by atomic mass is 9.98. The van der Waals surface area contributed by atoms with Gasteiger partial charge in [0.05, 0.1) is 27.4 Å². The summed E-state index contributed by atoms with van der Waals surface area (Å²) in [7, 11) is 0.0583. The SMILES string of the molecule is CN1CCC(COc2cc(COc3nc4c(cc3NS(=O)(=O)c3cccc(Cl)c3Cl)CN(C)CC4)ccc2Cl)CC1. The minimum absolute atomic E-state index is 0.0521. The Balaban J connectivity index is 1.36. The molecule has 0 saturated carbocycles. The minimum Gasteiger partial charge on any atom is -0.492 e. The Morgan fingerprint density at radius 1 is 0.976 bits per heavy atom. The average Bonchev–Trinajstić information content (AvgIpc) is 2.94. The second-order valence-corrected chi connectivity index (χ2v) is 13.5. The molecule has 0 aliphatic carbocycles. The zero-order chi connectivity index (χ0) is 29.1. The molecule has 1 aromatic heterocycles. The Morgan fingerprint density at radius 2 is 1.76 bits per heavy atom. The van der Waals surface area contributed by atoms with Gasteiger partial charge in [-0.3, -0.25) is 4.72 Å². The quantitative estimate of drug-likeness (QED) is 0.302. The number of benzene rings is 2. The lowest BCUT2D eigenvalue weighted by molar-refractivity contribution is 0.160. The van der Waals surface area contributed by atoms with Crippen molar-refractivity contribution in [3.8, 4) is 11.6 Å². The van der Waals surface area contributed by atoms with Gasteiger partial charge in [-0.1, -0.05) is 46.9 Å². The highest BCUT2D eigenvalue weighted by atomic mass is 35.5. The predicted molar refractivity (Wildman–Crippen MR) is 163 cm³/mol. The highest BCUT2D eigenvalue weighted by Gasteiger charge is 2.25. The Kier molecular flexibility index (Phi) is 9.53. The zero-order valence-corrected chi connectivity index (χ0v) is 26.1. The standard InChI is InChI=1S/C29H33Cl3N4O4S/c1-35-11-8-19(9-12-35)17-39-26-14-20(6-7-22(26)30)18-40-29-25(15-21-16-36(2)13-10-24(21)33-29)34-41(37,38)27-5-3-4-23(31)28(27)32/h3-7,14-15,19,34H,8-13,16-18H2,1-2H3. The molecule has 41 heavy (non-hydrogen) atoms. The summed E-state index contributed by atoms with van der Waals surface area (Å²) in [5, 5.41) is 0.626. The van der Waals surface area contributed by atoms with Crippen LogP contribution >= 0.6 is 34.8 Å². The summed E-state index contributed by atoms with van der Waals surface area (Å²) in [4.78, 5) is 9.08. The van der Waals surface area contributed by atoms with Crippen molar-refractivity contribution in [3.63, 3.8) is 0 Å². The molecule has 3 aromatic rings. The van der Waals surface area contributed by atoms with Crippen LogP contribution in [0.4, 0.5) is 5.69 Å². The van der Waals surface area contributed by atoms with E-state index >= 15 is 0 Å². The van der Waals surface area contributed by atoms with Gasteiger partial charge in [0.25, 0.3) is 10.0 Å². The van der Waals surface area contributed by atoms with E-state index in [4.69, 9.17) is 49.3 Å². The number of likely N-dealkylation sites (N-methyl/N-ethyl adjacent to an activating group) is 1. The van der Waals surface area contributed by atoms with E-state index in [1.807, 2.05) is 19.2 Å². The van der Waals surface area contributed by atoms with Gasteiger partial charge < -0.3 is 19.3 Å². The van der Waals surface area contributed by atoms with Crippen LogP contribution in [0.5, 0.6) is 11.6 Å². The second-order valence-electron chi connectivity index (χ2n) is 10.7. The van der Waals surface area contributed by atoms with E-state index in [2.05, 4.69) is 21.6 Å². The summed E-state index contributed by atoms with van der Waals surface area (Å²) in [6.45, 7) is 4.36. The number of hydrogen-bond acceptors (Lipinski definition) is 7. The van der Waals surface area contributed by atoms with Crippen molar-refractivity contribution in [3.05, 3.63) is 74.4 Å². The van der Waals surface area contributed by atoms with Gasteiger partial charge in [-0.25, -0.2) is 13.4 Å². The van der Waals surface area contributed by atoms with Crippen LogP contribution in [-0.4, -0.2) is 63.5 Å². The summed E-state index contributed by atoms with van der Waals surface area (Å²) in [6.07, 6.45) is 2.91. The summed E-state index contributed by atoms with van der Waals surface area (Å²) < 4.78 is 41.6. The highest BCUT2D eigenvalue weighted by Crippen LogP contribution is 2.35. The van der Waals surface area contributed by atoms with E-state index in [1.165, 1.54) is 18.2 Å².